The molecule has 1 heterocycles. The van der Waals surface area contributed by atoms with Crippen LogP contribution < -0.4 is 0 Å². The lowest BCUT2D eigenvalue weighted by molar-refractivity contribution is -0.121. The maximum atomic E-state index is 6.48. The maximum Gasteiger partial charge on any atom is 0.0667 e. The quantitative estimate of drug-likeness (QED) is 0.614. The molecule has 96 valence electrons. The molecule has 2 aliphatic carbocycles. The van der Waals surface area contributed by atoms with Gasteiger partial charge in [0.15, 0.2) is 0 Å². The van der Waals surface area contributed by atoms with Crippen LogP contribution in [0, 0.1) is 17.8 Å². The molecule has 0 aromatic heterocycles. The lowest BCUT2D eigenvalue weighted by Gasteiger charge is -2.48. The van der Waals surface area contributed by atoms with Crippen molar-refractivity contribution >= 4 is 0 Å². The van der Waals surface area contributed by atoms with E-state index in [9.17, 15) is 0 Å². The van der Waals surface area contributed by atoms with Gasteiger partial charge in [0.1, 0.15) is 0 Å². The molecule has 0 aromatic carbocycles. The lowest BCUT2D eigenvalue weighted by Crippen LogP contribution is -2.47. The highest BCUT2D eigenvalue weighted by molar-refractivity contribution is 5.20. The van der Waals surface area contributed by atoms with Crippen LogP contribution in [0.1, 0.15) is 58.8 Å². The molecule has 17 heavy (non-hydrogen) atoms. The molecule has 0 aromatic rings. The van der Waals surface area contributed by atoms with Gasteiger partial charge in [0.25, 0.3) is 0 Å². The third-order valence-electron chi connectivity index (χ3n) is 5.04. The zero-order valence-electron chi connectivity index (χ0n) is 11.3. The Morgan fingerprint density at radius 3 is 2.65 bits per heavy atom. The fourth-order valence-electron chi connectivity index (χ4n) is 4.26. The summed E-state index contributed by atoms with van der Waals surface area (Å²) in [7, 11) is 0. The van der Waals surface area contributed by atoms with Crippen LogP contribution in [0.3, 0.4) is 0 Å². The van der Waals surface area contributed by atoms with Gasteiger partial charge in [0, 0.05) is 11.8 Å². The van der Waals surface area contributed by atoms with Crippen molar-refractivity contribution in [3.63, 3.8) is 0 Å². The molecule has 1 nitrogen and oxygen atoms in total. The second kappa shape index (κ2) is 4.76. The Morgan fingerprint density at radius 2 is 1.82 bits per heavy atom. The van der Waals surface area contributed by atoms with E-state index < -0.39 is 0 Å². The van der Waals surface area contributed by atoms with Gasteiger partial charge in [-0.05, 0) is 38.0 Å². The van der Waals surface area contributed by atoms with E-state index in [4.69, 9.17) is 4.74 Å². The van der Waals surface area contributed by atoms with Gasteiger partial charge in [-0.1, -0.05) is 38.3 Å². The standard InChI is InChI=1S/C16H26O/c1-11(2)16-14-9-4-3-7-12(14)13-8-5-6-10-15(13)17-16/h7,11,13-16H,3-6,8-10H2,1-2H3/t13-,14+,15-,16+/m0/s1. The van der Waals surface area contributed by atoms with Crippen LogP contribution in [-0.2, 0) is 4.74 Å². The highest BCUT2D eigenvalue weighted by Gasteiger charge is 2.43. The molecule has 3 aliphatic rings. The summed E-state index contributed by atoms with van der Waals surface area (Å²) in [6.45, 7) is 4.67. The molecule has 0 amide bonds. The third kappa shape index (κ3) is 2.07. The SMILES string of the molecule is CC(C)[C@H]1O[C@H]2CCCC[C@H]2C2=CCCC[C@H]21. The molecule has 1 aliphatic heterocycles. The van der Waals surface area contributed by atoms with Crippen molar-refractivity contribution in [3.05, 3.63) is 11.6 Å². The first-order valence-electron chi connectivity index (χ1n) is 7.63. The molecule has 0 N–H and O–H groups in total. The minimum Gasteiger partial charge on any atom is -0.373 e. The summed E-state index contributed by atoms with van der Waals surface area (Å²) in [5.41, 5.74) is 1.80. The van der Waals surface area contributed by atoms with Gasteiger partial charge in [-0.15, -0.1) is 0 Å². The van der Waals surface area contributed by atoms with E-state index in [1.54, 1.807) is 5.57 Å². The first-order chi connectivity index (χ1) is 8.27. The van der Waals surface area contributed by atoms with Gasteiger partial charge in [-0.25, -0.2) is 0 Å². The van der Waals surface area contributed by atoms with Crippen molar-refractivity contribution in [3.8, 4) is 0 Å². The first kappa shape index (κ1) is 11.8. The Labute approximate surface area is 106 Å². The Kier molecular flexibility index (Phi) is 3.30. The zero-order chi connectivity index (χ0) is 11.8. The third-order valence-corrected chi connectivity index (χ3v) is 5.04. The average Bonchev–Trinajstić information content (AvgIpc) is 2.37. The van der Waals surface area contributed by atoms with Gasteiger partial charge in [-0.2, -0.15) is 0 Å². The van der Waals surface area contributed by atoms with Crippen LogP contribution in [0.4, 0.5) is 0 Å². The smallest absolute Gasteiger partial charge is 0.0667 e. The summed E-state index contributed by atoms with van der Waals surface area (Å²) in [4.78, 5) is 0. The van der Waals surface area contributed by atoms with Crippen molar-refractivity contribution in [2.75, 3.05) is 0 Å². The molecule has 0 unspecified atom stereocenters. The Hall–Kier alpha value is -0.300. The molecule has 3 rings (SSSR count). The lowest BCUT2D eigenvalue weighted by atomic mass is 9.67. The Morgan fingerprint density at radius 1 is 1.06 bits per heavy atom. The molecule has 0 radical (unpaired) electrons. The molecule has 2 fully saturated rings. The first-order valence-corrected chi connectivity index (χ1v) is 7.63. The van der Waals surface area contributed by atoms with E-state index in [1.807, 2.05) is 0 Å². The summed E-state index contributed by atoms with van der Waals surface area (Å²) in [5.74, 6) is 2.21. The van der Waals surface area contributed by atoms with Gasteiger partial charge in [0.2, 0.25) is 0 Å². The summed E-state index contributed by atoms with van der Waals surface area (Å²) in [6.07, 6.45) is 13.2. The fraction of sp³-hybridized carbons (Fsp3) is 0.875. The van der Waals surface area contributed by atoms with Crippen molar-refractivity contribution < 1.29 is 4.74 Å². The van der Waals surface area contributed by atoms with Crippen LogP contribution in [0.2, 0.25) is 0 Å². The predicted molar refractivity (Wildman–Crippen MR) is 70.9 cm³/mol. The topological polar surface area (TPSA) is 9.23 Å². The van der Waals surface area contributed by atoms with Crippen molar-refractivity contribution in [1.82, 2.24) is 0 Å². The molecular formula is C16H26O. The van der Waals surface area contributed by atoms with E-state index in [2.05, 4.69) is 19.9 Å². The van der Waals surface area contributed by atoms with Gasteiger partial charge in [0.05, 0.1) is 12.2 Å². The summed E-state index contributed by atoms with van der Waals surface area (Å²) in [5, 5.41) is 0. The molecular weight excluding hydrogens is 208 g/mol. The maximum absolute atomic E-state index is 6.48. The average molecular weight is 234 g/mol. The van der Waals surface area contributed by atoms with E-state index in [-0.39, 0.29) is 0 Å². The van der Waals surface area contributed by atoms with E-state index in [1.165, 1.54) is 44.9 Å². The number of allylic oxidation sites excluding steroid dienone is 1. The fourth-order valence-corrected chi connectivity index (χ4v) is 4.26. The molecule has 4 atom stereocenters. The van der Waals surface area contributed by atoms with Gasteiger partial charge >= 0.3 is 0 Å². The minimum absolute atomic E-state index is 0.501. The second-order valence-electron chi connectivity index (χ2n) is 6.52. The highest BCUT2D eigenvalue weighted by Crippen LogP contribution is 2.47. The van der Waals surface area contributed by atoms with Crippen LogP contribution in [0.5, 0.6) is 0 Å². The molecule has 1 saturated carbocycles. The van der Waals surface area contributed by atoms with E-state index in [0.29, 0.717) is 18.1 Å². The molecule has 0 spiro atoms. The van der Waals surface area contributed by atoms with Gasteiger partial charge in [-0.3, -0.25) is 0 Å². The van der Waals surface area contributed by atoms with Gasteiger partial charge < -0.3 is 4.74 Å². The number of hydrogen-bond acceptors (Lipinski definition) is 1. The zero-order valence-corrected chi connectivity index (χ0v) is 11.3. The summed E-state index contributed by atoms with van der Waals surface area (Å²) in [6, 6.07) is 0. The van der Waals surface area contributed by atoms with Crippen LogP contribution in [0.15, 0.2) is 11.6 Å². The van der Waals surface area contributed by atoms with E-state index in [0.717, 1.165) is 11.8 Å². The second-order valence-corrected chi connectivity index (χ2v) is 6.52. The van der Waals surface area contributed by atoms with Crippen LogP contribution in [-0.4, -0.2) is 12.2 Å². The number of ether oxygens (including phenoxy) is 1. The number of rotatable bonds is 1. The van der Waals surface area contributed by atoms with Crippen molar-refractivity contribution in [2.45, 2.75) is 71.0 Å². The molecule has 1 saturated heterocycles. The monoisotopic (exact) mass is 234 g/mol. The van der Waals surface area contributed by atoms with Crippen LogP contribution >= 0.6 is 0 Å². The summed E-state index contributed by atoms with van der Waals surface area (Å²) >= 11 is 0. The molecule has 1 heteroatoms. The van der Waals surface area contributed by atoms with E-state index >= 15 is 0 Å². The Balaban J connectivity index is 1.88. The Bertz CT molecular complexity index is 305. The normalized spacial score (nSPS) is 41.7. The van der Waals surface area contributed by atoms with Crippen molar-refractivity contribution in [2.24, 2.45) is 17.8 Å². The van der Waals surface area contributed by atoms with Crippen molar-refractivity contribution in [1.29, 1.82) is 0 Å². The molecule has 0 bridgehead atoms. The number of hydrogen-bond donors (Lipinski definition) is 0. The van der Waals surface area contributed by atoms with Crippen LogP contribution in [0.25, 0.3) is 0 Å². The highest BCUT2D eigenvalue weighted by atomic mass is 16.5. The summed E-state index contributed by atoms with van der Waals surface area (Å²) < 4.78 is 6.48. The number of fused-ring (bicyclic) bond motifs is 3. The minimum atomic E-state index is 0.501. The largest absolute Gasteiger partial charge is 0.373 e. The predicted octanol–water partition coefficient (Wildman–Crippen LogP) is 4.33.